The molecule has 1 aromatic heterocycles. The molecule has 0 atom stereocenters. The van der Waals surface area contributed by atoms with Crippen molar-refractivity contribution in [2.45, 2.75) is 30.7 Å². The Morgan fingerprint density at radius 1 is 1.27 bits per heavy atom. The second-order valence-corrected chi connectivity index (χ2v) is 7.27. The van der Waals surface area contributed by atoms with Crippen LogP contribution in [0.4, 0.5) is 8.78 Å². The van der Waals surface area contributed by atoms with Gasteiger partial charge in [-0.15, -0.1) is 11.8 Å². The molecule has 0 amide bonds. The van der Waals surface area contributed by atoms with Crippen LogP contribution in [-0.4, -0.2) is 28.4 Å². The molecule has 1 fully saturated rings. The average Bonchev–Trinajstić information content (AvgIpc) is 3.43. The Balaban J connectivity index is 1.70. The fraction of sp³-hybridized carbons (Fsp3) is 0.368. The van der Waals surface area contributed by atoms with Crippen molar-refractivity contribution in [1.29, 1.82) is 0 Å². The molecule has 26 heavy (non-hydrogen) atoms. The first kappa shape index (κ1) is 18.6. The summed E-state index contributed by atoms with van der Waals surface area (Å²) >= 11 is 1.66. The SMILES string of the molecule is O=C(O)CCCOc1c(F)cc(-c2cccc(SCC3CC3)n2)cc1F. The van der Waals surface area contributed by atoms with Gasteiger partial charge in [-0.25, -0.2) is 13.8 Å². The quantitative estimate of drug-likeness (QED) is 0.502. The number of aliphatic carboxylic acids is 1. The molecule has 3 rings (SSSR count). The van der Waals surface area contributed by atoms with Crippen LogP contribution in [0.1, 0.15) is 25.7 Å². The number of benzene rings is 1. The first-order chi connectivity index (χ1) is 12.5. The lowest BCUT2D eigenvalue weighted by molar-refractivity contribution is -0.137. The minimum Gasteiger partial charge on any atom is -0.488 e. The lowest BCUT2D eigenvalue weighted by Gasteiger charge is -2.10. The summed E-state index contributed by atoms with van der Waals surface area (Å²) in [5, 5.41) is 9.40. The summed E-state index contributed by atoms with van der Waals surface area (Å²) in [6.07, 6.45) is 2.59. The lowest BCUT2D eigenvalue weighted by atomic mass is 10.1. The Hall–Kier alpha value is -2.15. The maximum absolute atomic E-state index is 14.2. The van der Waals surface area contributed by atoms with Gasteiger partial charge in [-0.3, -0.25) is 4.79 Å². The monoisotopic (exact) mass is 379 g/mol. The van der Waals surface area contributed by atoms with Crippen molar-refractivity contribution in [2.75, 3.05) is 12.4 Å². The molecule has 1 aliphatic carbocycles. The Bertz CT molecular complexity index is 773. The standard InChI is InChI=1S/C19H19F2NO3S/c20-14-9-13(10-15(21)19(14)25-8-2-5-18(23)24)16-3-1-4-17(22-16)26-11-12-6-7-12/h1,3-4,9-10,12H,2,5-8,11H2,(H,23,24). The molecule has 2 aromatic rings. The highest BCUT2D eigenvalue weighted by atomic mass is 32.2. The van der Waals surface area contributed by atoms with Crippen LogP contribution in [0.25, 0.3) is 11.3 Å². The number of carboxylic acid groups (broad SMARTS) is 1. The number of pyridine rings is 1. The van der Waals surface area contributed by atoms with Crippen molar-refractivity contribution in [1.82, 2.24) is 4.98 Å². The molecule has 0 aliphatic heterocycles. The maximum atomic E-state index is 14.2. The molecule has 0 saturated heterocycles. The van der Waals surface area contributed by atoms with Gasteiger partial charge < -0.3 is 9.84 Å². The molecule has 0 radical (unpaired) electrons. The number of hydrogen-bond donors (Lipinski definition) is 1. The van der Waals surface area contributed by atoms with E-state index in [9.17, 15) is 13.6 Å². The lowest BCUT2D eigenvalue weighted by Crippen LogP contribution is -2.05. The topological polar surface area (TPSA) is 59.4 Å². The zero-order valence-corrected chi connectivity index (χ0v) is 14.9. The smallest absolute Gasteiger partial charge is 0.303 e. The van der Waals surface area contributed by atoms with Crippen LogP contribution in [-0.2, 0) is 4.79 Å². The zero-order valence-electron chi connectivity index (χ0n) is 14.1. The van der Waals surface area contributed by atoms with Crippen LogP contribution in [0.15, 0.2) is 35.4 Å². The van der Waals surface area contributed by atoms with Crippen LogP contribution in [0, 0.1) is 17.6 Å². The van der Waals surface area contributed by atoms with E-state index in [1.165, 1.54) is 25.0 Å². The molecular weight excluding hydrogens is 360 g/mol. The van der Waals surface area contributed by atoms with Crippen molar-refractivity contribution < 1.29 is 23.4 Å². The minimum atomic E-state index is -0.976. The van der Waals surface area contributed by atoms with Gasteiger partial charge >= 0.3 is 5.97 Å². The van der Waals surface area contributed by atoms with E-state index in [0.29, 0.717) is 11.3 Å². The van der Waals surface area contributed by atoms with Gasteiger partial charge in [0.15, 0.2) is 17.4 Å². The number of ether oxygens (including phenoxy) is 1. The van der Waals surface area contributed by atoms with Gasteiger partial charge in [-0.05, 0) is 49.4 Å². The van der Waals surface area contributed by atoms with Crippen molar-refractivity contribution >= 4 is 17.7 Å². The predicted molar refractivity (Wildman–Crippen MR) is 95.4 cm³/mol. The Morgan fingerprint density at radius 3 is 2.65 bits per heavy atom. The van der Waals surface area contributed by atoms with Crippen LogP contribution >= 0.6 is 11.8 Å². The van der Waals surface area contributed by atoms with Crippen LogP contribution in [0.2, 0.25) is 0 Å². The normalized spacial score (nSPS) is 13.6. The molecule has 1 heterocycles. The highest BCUT2D eigenvalue weighted by Gasteiger charge is 2.21. The van der Waals surface area contributed by atoms with Crippen LogP contribution < -0.4 is 4.74 Å². The van der Waals surface area contributed by atoms with Gasteiger partial charge in [-0.1, -0.05) is 6.07 Å². The summed E-state index contributed by atoms with van der Waals surface area (Å²) in [5.74, 6) is -1.34. The van der Waals surface area contributed by atoms with E-state index in [1.54, 1.807) is 17.8 Å². The number of thioether (sulfide) groups is 1. The molecule has 0 bridgehead atoms. The molecule has 0 spiro atoms. The second-order valence-electron chi connectivity index (χ2n) is 6.23. The molecule has 4 nitrogen and oxygen atoms in total. The number of nitrogens with zero attached hydrogens (tertiary/aromatic N) is 1. The fourth-order valence-corrected chi connectivity index (χ4v) is 3.46. The fourth-order valence-electron chi connectivity index (χ4n) is 2.39. The Morgan fingerprint density at radius 2 is 2.00 bits per heavy atom. The third kappa shape index (κ3) is 5.17. The maximum Gasteiger partial charge on any atom is 0.303 e. The summed E-state index contributed by atoms with van der Waals surface area (Å²) < 4.78 is 33.5. The van der Waals surface area contributed by atoms with Crippen molar-refractivity contribution in [3.63, 3.8) is 0 Å². The molecule has 138 valence electrons. The van der Waals surface area contributed by atoms with E-state index >= 15 is 0 Å². The van der Waals surface area contributed by atoms with E-state index in [-0.39, 0.29) is 19.4 Å². The van der Waals surface area contributed by atoms with Gasteiger partial charge in [-0.2, -0.15) is 0 Å². The van der Waals surface area contributed by atoms with E-state index in [0.717, 1.165) is 16.7 Å². The minimum absolute atomic E-state index is 0.0645. The van der Waals surface area contributed by atoms with Gasteiger partial charge in [0.1, 0.15) is 0 Å². The number of carboxylic acids is 1. The van der Waals surface area contributed by atoms with Crippen LogP contribution in [0.3, 0.4) is 0 Å². The molecular formula is C19H19F2NO3S. The Kier molecular flexibility index (Phi) is 6.08. The highest BCUT2D eigenvalue weighted by molar-refractivity contribution is 7.99. The molecule has 7 heteroatoms. The van der Waals surface area contributed by atoms with Crippen LogP contribution in [0.5, 0.6) is 5.75 Å². The van der Waals surface area contributed by atoms with E-state index in [1.807, 2.05) is 12.1 Å². The van der Waals surface area contributed by atoms with Crippen molar-refractivity contribution in [2.24, 2.45) is 5.92 Å². The van der Waals surface area contributed by atoms with Crippen molar-refractivity contribution in [3.05, 3.63) is 42.0 Å². The number of carbonyl (C=O) groups is 1. The third-order valence-corrected chi connectivity index (χ3v) is 5.12. The number of halogens is 2. The number of rotatable bonds is 9. The first-order valence-corrected chi connectivity index (χ1v) is 9.45. The molecule has 0 unspecified atom stereocenters. The van der Waals surface area contributed by atoms with E-state index < -0.39 is 23.4 Å². The Labute approximate surface area is 154 Å². The zero-order chi connectivity index (χ0) is 18.5. The van der Waals surface area contributed by atoms with E-state index in [2.05, 4.69) is 4.98 Å². The third-order valence-electron chi connectivity index (χ3n) is 3.96. The van der Waals surface area contributed by atoms with Crippen molar-refractivity contribution in [3.8, 4) is 17.0 Å². The van der Waals surface area contributed by atoms with Gasteiger partial charge in [0.2, 0.25) is 0 Å². The summed E-state index contributed by atoms with van der Waals surface area (Å²) in [5.41, 5.74) is 0.841. The van der Waals surface area contributed by atoms with E-state index in [4.69, 9.17) is 9.84 Å². The molecule has 1 aromatic carbocycles. The largest absolute Gasteiger partial charge is 0.488 e. The van der Waals surface area contributed by atoms with Gasteiger partial charge in [0, 0.05) is 17.7 Å². The molecule has 1 N–H and O–H groups in total. The predicted octanol–water partition coefficient (Wildman–Crippen LogP) is 4.77. The molecule has 1 saturated carbocycles. The number of hydrogen-bond acceptors (Lipinski definition) is 4. The first-order valence-electron chi connectivity index (χ1n) is 8.47. The van der Waals surface area contributed by atoms with Gasteiger partial charge in [0.25, 0.3) is 0 Å². The molecule has 1 aliphatic rings. The van der Waals surface area contributed by atoms with Gasteiger partial charge in [0.05, 0.1) is 17.3 Å². The summed E-state index contributed by atoms with van der Waals surface area (Å²) in [7, 11) is 0. The summed E-state index contributed by atoms with van der Waals surface area (Å²) in [6.45, 7) is -0.0645. The average molecular weight is 379 g/mol. The summed E-state index contributed by atoms with van der Waals surface area (Å²) in [4.78, 5) is 14.9. The summed E-state index contributed by atoms with van der Waals surface area (Å²) in [6, 6.07) is 7.80. The number of aromatic nitrogens is 1. The highest BCUT2D eigenvalue weighted by Crippen LogP contribution is 2.35. The second kappa shape index (κ2) is 8.49.